The van der Waals surface area contributed by atoms with Crippen LogP contribution < -0.4 is 0 Å². The summed E-state index contributed by atoms with van der Waals surface area (Å²) in [5.74, 6) is 1.15. The molecular weight excluding hydrogens is 208 g/mol. The van der Waals surface area contributed by atoms with Crippen LogP contribution >= 0.6 is 15.9 Å². The van der Waals surface area contributed by atoms with Gasteiger partial charge in [0.25, 0.3) is 0 Å². The van der Waals surface area contributed by atoms with Crippen molar-refractivity contribution in [3.8, 4) is 0 Å². The lowest BCUT2D eigenvalue weighted by Crippen LogP contribution is -2.08. The second-order valence-electron chi connectivity index (χ2n) is 2.96. The number of carbonyl (C=O) groups excluding carboxylic acids is 1. The monoisotopic (exact) mass is 220 g/mol. The highest BCUT2D eigenvalue weighted by atomic mass is 79.9. The van der Waals surface area contributed by atoms with Crippen molar-refractivity contribution in [2.45, 2.75) is 13.8 Å². The molecule has 0 amide bonds. The number of esters is 1. The Hall–Kier alpha value is -0.0500. The van der Waals surface area contributed by atoms with E-state index in [4.69, 9.17) is 4.74 Å². The van der Waals surface area contributed by atoms with E-state index in [2.05, 4.69) is 22.9 Å². The van der Waals surface area contributed by atoms with Crippen LogP contribution in [0.15, 0.2) is 0 Å². The first-order chi connectivity index (χ1) is 5.22. The van der Waals surface area contributed by atoms with Gasteiger partial charge in [0.2, 0.25) is 0 Å². The zero-order valence-electron chi connectivity index (χ0n) is 6.84. The Morgan fingerprint density at radius 3 is 2.64 bits per heavy atom. The quantitative estimate of drug-likeness (QED) is 0.536. The average molecular weight is 221 g/mol. The van der Waals surface area contributed by atoms with Crippen molar-refractivity contribution < 1.29 is 9.53 Å². The van der Waals surface area contributed by atoms with Crippen LogP contribution in [0.4, 0.5) is 0 Å². The largest absolute Gasteiger partial charge is 0.466 e. The van der Waals surface area contributed by atoms with Gasteiger partial charge in [0, 0.05) is 5.33 Å². The summed E-state index contributed by atoms with van der Waals surface area (Å²) >= 11 is 3.37. The van der Waals surface area contributed by atoms with Gasteiger partial charge in [-0.15, -0.1) is 0 Å². The number of ether oxygens (including phenoxy) is 1. The van der Waals surface area contributed by atoms with E-state index < -0.39 is 0 Å². The van der Waals surface area contributed by atoms with Gasteiger partial charge in [-0.05, 0) is 18.8 Å². The van der Waals surface area contributed by atoms with Gasteiger partial charge >= 0.3 is 5.97 Å². The molecule has 0 heterocycles. The predicted molar refractivity (Wildman–Crippen MR) is 46.6 cm³/mol. The summed E-state index contributed by atoms with van der Waals surface area (Å²) in [5.41, 5.74) is 0. The normalized spacial score (nSPS) is 35.0. The van der Waals surface area contributed by atoms with E-state index in [0.29, 0.717) is 18.4 Å². The molecular formula is C8H13BrO2. The van der Waals surface area contributed by atoms with Crippen LogP contribution in [-0.2, 0) is 9.53 Å². The molecule has 0 radical (unpaired) electrons. The van der Waals surface area contributed by atoms with Gasteiger partial charge in [0.05, 0.1) is 12.5 Å². The van der Waals surface area contributed by atoms with E-state index in [0.717, 1.165) is 5.33 Å². The van der Waals surface area contributed by atoms with Gasteiger partial charge in [-0.2, -0.15) is 0 Å². The second-order valence-corrected chi connectivity index (χ2v) is 3.60. The fourth-order valence-electron chi connectivity index (χ4n) is 1.41. The number of carbonyl (C=O) groups is 1. The van der Waals surface area contributed by atoms with Crippen LogP contribution in [0.3, 0.4) is 0 Å². The molecule has 0 spiro atoms. The molecule has 2 nitrogen and oxygen atoms in total. The predicted octanol–water partition coefficient (Wildman–Crippen LogP) is 1.83. The van der Waals surface area contributed by atoms with E-state index in [1.165, 1.54) is 0 Å². The van der Waals surface area contributed by atoms with Crippen molar-refractivity contribution in [1.82, 2.24) is 0 Å². The Morgan fingerprint density at radius 2 is 2.27 bits per heavy atom. The van der Waals surface area contributed by atoms with E-state index in [9.17, 15) is 4.79 Å². The number of hydrogen-bond acceptors (Lipinski definition) is 2. The van der Waals surface area contributed by atoms with Crippen LogP contribution in [-0.4, -0.2) is 17.9 Å². The maximum Gasteiger partial charge on any atom is 0.309 e. The summed E-state index contributed by atoms with van der Waals surface area (Å²) in [6, 6.07) is 0. The summed E-state index contributed by atoms with van der Waals surface area (Å²) in [7, 11) is 0. The van der Waals surface area contributed by atoms with Gasteiger partial charge in [-0.1, -0.05) is 22.9 Å². The van der Waals surface area contributed by atoms with E-state index in [1.54, 1.807) is 0 Å². The highest BCUT2D eigenvalue weighted by molar-refractivity contribution is 9.09. The summed E-state index contributed by atoms with van der Waals surface area (Å²) < 4.78 is 4.91. The molecule has 3 heteroatoms. The Balaban J connectivity index is 2.34. The van der Waals surface area contributed by atoms with Crippen molar-refractivity contribution in [2.24, 2.45) is 17.8 Å². The van der Waals surface area contributed by atoms with Crippen LogP contribution in [0.2, 0.25) is 0 Å². The Morgan fingerprint density at radius 1 is 1.64 bits per heavy atom. The zero-order valence-corrected chi connectivity index (χ0v) is 8.43. The minimum absolute atomic E-state index is 0.0237. The second kappa shape index (κ2) is 3.57. The lowest BCUT2D eigenvalue weighted by molar-refractivity contribution is -0.145. The molecule has 11 heavy (non-hydrogen) atoms. The van der Waals surface area contributed by atoms with Gasteiger partial charge < -0.3 is 4.74 Å². The molecule has 1 aliphatic rings. The van der Waals surface area contributed by atoms with Gasteiger partial charge in [-0.25, -0.2) is 0 Å². The van der Waals surface area contributed by atoms with Gasteiger partial charge in [0.1, 0.15) is 0 Å². The fraction of sp³-hybridized carbons (Fsp3) is 0.875. The fourth-order valence-corrected chi connectivity index (χ4v) is 2.40. The van der Waals surface area contributed by atoms with Crippen molar-refractivity contribution in [3.63, 3.8) is 0 Å². The molecule has 1 aliphatic carbocycles. The van der Waals surface area contributed by atoms with Crippen LogP contribution in [0.5, 0.6) is 0 Å². The third kappa shape index (κ3) is 1.75. The molecule has 0 N–H and O–H groups in total. The average Bonchev–Trinajstić information content (AvgIpc) is 2.61. The first-order valence-corrected chi connectivity index (χ1v) is 5.07. The zero-order chi connectivity index (χ0) is 8.43. The van der Waals surface area contributed by atoms with E-state index in [-0.39, 0.29) is 11.9 Å². The number of alkyl halides is 1. The first kappa shape index (κ1) is 9.04. The minimum atomic E-state index is -0.0237. The maximum atomic E-state index is 11.1. The number of hydrogen-bond donors (Lipinski definition) is 0. The summed E-state index contributed by atoms with van der Waals surface area (Å²) in [6.45, 7) is 4.43. The topological polar surface area (TPSA) is 26.3 Å². The molecule has 1 saturated carbocycles. The summed E-state index contributed by atoms with van der Waals surface area (Å²) in [6.07, 6.45) is 0. The molecule has 0 unspecified atom stereocenters. The number of halogens is 1. The minimum Gasteiger partial charge on any atom is -0.466 e. The standard InChI is InChI=1S/C8H13BrO2/c1-3-11-8(10)7-5(2)6(7)4-9/h5-7H,3-4H2,1-2H3/t5-,6-,7-/m1/s1. The molecule has 1 rings (SSSR count). The van der Waals surface area contributed by atoms with Crippen molar-refractivity contribution in [1.29, 1.82) is 0 Å². The van der Waals surface area contributed by atoms with E-state index in [1.807, 2.05) is 6.92 Å². The van der Waals surface area contributed by atoms with Gasteiger partial charge in [0.15, 0.2) is 0 Å². The van der Waals surface area contributed by atoms with Crippen LogP contribution in [0, 0.1) is 17.8 Å². The Kier molecular flexibility index (Phi) is 2.93. The SMILES string of the molecule is CCOC(=O)[C@@H]1[C@H](C)[C@H]1CBr. The maximum absolute atomic E-state index is 11.1. The summed E-state index contributed by atoms with van der Waals surface area (Å²) in [5, 5.41) is 0.914. The molecule has 0 saturated heterocycles. The molecule has 1 fully saturated rings. The lowest BCUT2D eigenvalue weighted by Gasteiger charge is -1.98. The third-order valence-corrected chi connectivity index (χ3v) is 3.05. The molecule has 0 aliphatic heterocycles. The van der Waals surface area contributed by atoms with Crippen molar-refractivity contribution in [3.05, 3.63) is 0 Å². The Labute approximate surface area is 75.4 Å². The van der Waals surface area contributed by atoms with Crippen LogP contribution in [0.25, 0.3) is 0 Å². The molecule has 0 aromatic carbocycles. The van der Waals surface area contributed by atoms with Crippen LogP contribution in [0.1, 0.15) is 13.8 Å². The molecule has 0 aromatic rings. The molecule has 64 valence electrons. The number of rotatable bonds is 3. The highest BCUT2D eigenvalue weighted by Gasteiger charge is 2.51. The van der Waals surface area contributed by atoms with Crippen molar-refractivity contribution >= 4 is 21.9 Å². The van der Waals surface area contributed by atoms with E-state index >= 15 is 0 Å². The molecule has 0 bridgehead atoms. The highest BCUT2D eigenvalue weighted by Crippen LogP contribution is 2.47. The summed E-state index contributed by atoms with van der Waals surface area (Å²) in [4.78, 5) is 11.1. The molecule has 3 atom stereocenters. The lowest BCUT2D eigenvalue weighted by atomic mass is 10.3. The molecule has 0 aromatic heterocycles. The third-order valence-electron chi connectivity index (χ3n) is 2.30. The Bertz CT molecular complexity index is 158. The van der Waals surface area contributed by atoms with Gasteiger partial charge in [-0.3, -0.25) is 4.79 Å². The van der Waals surface area contributed by atoms with Crippen molar-refractivity contribution in [2.75, 3.05) is 11.9 Å². The smallest absolute Gasteiger partial charge is 0.309 e. The first-order valence-electron chi connectivity index (χ1n) is 3.95.